The van der Waals surface area contributed by atoms with Crippen molar-refractivity contribution in [3.05, 3.63) is 65.2 Å². The summed E-state index contributed by atoms with van der Waals surface area (Å²) in [5.41, 5.74) is 2.38. The molecule has 7 heteroatoms. The maximum atomic E-state index is 12.2. The number of nitrogens with one attached hydrogen (secondary N) is 2. The van der Waals surface area contributed by atoms with Gasteiger partial charge in [-0.2, -0.15) is 0 Å². The molecule has 7 nitrogen and oxygen atoms in total. The molecular weight excluding hydrogens is 396 g/mol. The zero-order valence-corrected chi connectivity index (χ0v) is 18.4. The van der Waals surface area contributed by atoms with E-state index < -0.39 is 23.9 Å². The van der Waals surface area contributed by atoms with Crippen LogP contribution in [0.3, 0.4) is 0 Å². The van der Waals surface area contributed by atoms with E-state index >= 15 is 0 Å². The van der Waals surface area contributed by atoms with E-state index in [1.54, 1.807) is 36.4 Å². The van der Waals surface area contributed by atoms with Crippen LogP contribution in [0.5, 0.6) is 0 Å². The summed E-state index contributed by atoms with van der Waals surface area (Å²) >= 11 is 0. The van der Waals surface area contributed by atoms with Crippen molar-refractivity contribution in [2.75, 3.05) is 11.9 Å². The number of ketones is 1. The van der Waals surface area contributed by atoms with Gasteiger partial charge in [0.15, 0.2) is 11.9 Å². The molecule has 2 aromatic carbocycles. The molecule has 0 bridgehead atoms. The Labute approximate surface area is 182 Å². The number of benzene rings is 2. The van der Waals surface area contributed by atoms with Gasteiger partial charge in [0.2, 0.25) is 0 Å². The molecule has 0 aromatic heterocycles. The summed E-state index contributed by atoms with van der Waals surface area (Å²) in [5, 5.41) is 5.08. The maximum Gasteiger partial charge on any atom is 0.326 e. The Kier molecular flexibility index (Phi) is 7.69. The van der Waals surface area contributed by atoms with Gasteiger partial charge in [0, 0.05) is 16.8 Å². The highest BCUT2D eigenvalue weighted by Crippen LogP contribution is 2.22. The zero-order chi connectivity index (χ0) is 23.2. The van der Waals surface area contributed by atoms with E-state index in [1.807, 2.05) is 12.1 Å². The quantitative estimate of drug-likeness (QED) is 0.523. The van der Waals surface area contributed by atoms with Gasteiger partial charge in [-0.3, -0.25) is 19.2 Å². The Bertz CT molecular complexity index is 974. The van der Waals surface area contributed by atoms with Crippen molar-refractivity contribution in [1.82, 2.24) is 5.32 Å². The van der Waals surface area contributed by atoms with E-state index in [9.17, 15) is 19.2 Å². The van der Waals surface area contributed by atoms with Gasteiger partial charge < -0.3 is 15.4 Å². The molecule has 1 atom stereocenters. The van der Waals surface area contributed by atoms with Crippen LogP contribution in [-0.4, -0.2) is 36.2 Å². The van der Waals surface area contributed by atoms with E-state index in [2.05, 4.69) is 31.4 Å². The monoisotopic (exact) mass is 424 g/mol. The van der Waals surface area contributed by atoms with Gasteiger partial charge in [0.05, 0.1) is 0 Å². The van der Waals surface area contributed by atoms with Crippen molar-refractivity contribution in [2.24, 2.45) is 0 Å². The largest absolute Gasteiger partial charge is 0.451 e. The summed E-state index contributed by atoms with van der Waals surface area (Å²) in [6.45, 7) is 8.73. The minimum atomic E-state index is -1.07. The molecule has 0 radical (unpaired) electrons. The second-order valence-electron chi connectivity index (χ2n) is 8.27. The molecular formula is C24H28N2O5. The van der Waals surface area contributed by atoms with Gasteiger partial charge in [0.25, 0.3) is 11.8 Å². The van der Waals surface area contributed by atoms with Gasteiger partial charge in [-0.25, -0.2) is 0 Å². The summed E-state index contributed by atoms with van der Waals surface area (Å²) in [6, 6.07) is 13.6. The van der Waals surface area contributed by atoms with Crippen LogP contribution in [-0.2, 0) is 19.7 Å². The number of rotatable bonds is 7. The average Bonchev–Trinajstić information content (AvgIpc) is 2.71. The predicted molar refractivity (Wildman–Crippen MR) is 118 cm³/mol. The smallest absolute Gasteiger partial charge is 0.326 e. The van der Waals surface area contributed by atoms with Crippen LogP contribution >= 0.6 is 0 Å². The van der Waals surface area contributed by atoms with Gasteiger partial charge in [-0.1, -0.05) is 45.0 Å². The number of hydrogen-bond donors (Lipinski definition) is 2. The Morgan fingerprint density at radius 3 is 2.19 bits per heavy atom. The molecule has 0 spiro atoms. The molecule has 2 aromatic rings. The average molecular weight is 424 g/mol. The minimum absolute atomic E-state index is 0.0249. The van der Waals surface area contributed by atoms with Crippen molar-refractivity contribution in [2.45, 2.75) is 46.1 Å². The first-order chi connectivity index (χ1) is 14.5. The molecule has 31 heavy (non-hydrogen) atoms. The van der Waals surface area contributed by atoms with Crippen molar-refractivity contribution >= 4 is 29.3 Å². The van der Waals surface area contributed by atoms with E-state index in [0.29, 0.717) is 16.8 Å². The number of ether oxygens (including phenoxy) is 1. The fraction of sp³-hybridized carbons (Fsp3) is 0.333. The van der Waals surface area contributed by atoms with Gasteiger partial charge >= 0.3 is 5.97 Å². The van der Waals surface area contributed by atoms with Crippen molar-refractivity contribution in [1.29, 1.82) is 0 Å². The third-order valence-corrected chi connectivity index (χ3v) is 4.62. The topological polar surface area (TPSA) is 102 Å². The van der Waals surface area contributed by atoms with Crippen molar-refractivity contribution < 1.29 is 23.9 Å². The van der Waals surface area contributed by atoms with Crippen LogP contribution in [0.25, 0.3) is 0 Å². The Morgan fingerprint density at radius 1 is 0.968 bits per heavy atom. The van der Waals surface area contributed by atoms with Gasteiger partial charge in [-0.15, -0.1) is 0 Å². The molecule has 2 rings (SSSR count). The molecule has 0 saturated carbocycles. The molecule has 0 heterocycles. The first-order valence-corrected chi connectivity index (χ1v) is 9.97. The van der Waals surface area contributed by atoms with Crippen LogP contribution < -0.4 is 10.6 Å². The zero-order valence-electron chi connectivity index (χ0n) is 18.4. The van der Waals surface area contributed by atoms with Gasteiger partial charge in [0.1, 0.15) is 6.54 Å². The van der Waals surface area contributed by atoms with Crippen molar-refractivity contribution in [3.8, 4) is 0 Å². The molecule has 164 valence electrons. The lowest BCUT2D eigenvalue weighted by Crippen LogP contribution is -2.35. The van der Waals surface area contributed by atoms with Gasteiger partial charge in [-0.05, 0) is 49.1 Å². The number of amides is 2. The van der Waals surface area contributed by atoms with Crippen LogP contribution in [0.4, 0.5) is 5.69 Å². The first kappa shape index (κ1) is 23.8. The standard InChI is InChI=1S/C24H28N2O5/c1-15(27)18-7-6-8-20(13-18)26-22(29)16(2)31-21(28)14-25-23(30)17-9-11-19(12-10-17)24(3,4)5/h6-13,16H,14H2,1-5H3,(H,25,30)(H,26,29). The Hall–Kier alpha value is -3.48. The third-order valence-electron chi connectivity index (χ3n) is 4.62. The molecule has 0 aliphatic carbocycles. The molecule has 0 aliphatic rings. The molecule has 1 unspecified atom stereocenters. The summed E-state index contributed by atoms with van der Waals surface area (Å²) in [4.78, 5) is 47.9. The van der Waals surface area contributed by atoms with E-state index in [4.69, 9.17) is 4.74 Å². The number of hydrogen-bond acceptors (Lipinski definition) is 5. The summed E-state index contributed by atoms with van der Waals surface area (Å²) in [6.07, 6.45) is -1.07. The fourth-order valence-electron chi connectivity index (χ4n) is 2.73. The molecule has 2 amide bonds. The molecule has 0 saturated heterocycles. The predicted octanol–water partition coefficient (Wildman–Crippen LogP) is 3.49. The maximum absolute atomic E-state index is 12.2. The lowest BCUT2D eigenvalue weighted by Gasteiger charge is -2.19. The number of esters is 1. The highest BCUT2D eigenvalue weighted by Gasteiger charge is 2.19. The normalized spacial score (nSPS) is 11.9. The summed E-state index contributed by atoms with van der Waals surface area (Å²) in [7, 11) is 0. The second kappa shape index (κ2) is 10.0. The minimum Gasteiger partial charge on any atom is -0.451 e. The fourth-order valence-corrected chi connectivity index (χ4v) is 2.73. The Morgan fingerprint density at radius 2 is 1.61 bits per heavy atom. The number of anilines is 1. The Balaban J connectivity index is 1.84. The molecule has 2 N–H and O–H groups in total. The summed E-state index contributed by atoms with van der Waals surface area (Å²) < 4.78 is 5.08. The van der Waals surface area contributed by atoms with E-state index in [1.165, 1.54) is 13.8 Å². The van der Waals surface area contributed by atoms with Crippen LogP contribution in [0.1, 0.15) is 60.9 Å². The second-order valence-corrected chi connectivity index (χ2v) is 8.27. The number of carbonyl (C=O) groups is 4. The number of carbonyl (C=O) groups excluding carboxylic acids is 4. The van der Waals surface area contributed by atoms with E-state index in [-0.39, 0.29) is 17.7 Å². The lowest BCUT2D eigenvalue weighted by molar-refractivity contribution is -0.152. The van der Waals surface area contributed by atoms with E-state index in [0.717, 1.165) is 5.56 Å². The molecule has 0 fully saturated rings. The SMILES string of the molecule is CC(=O)c1cccc(NC(=O)C(C)OC(=O)CNC(=O)c2ccc(C(C)(C)C)cc2)c1. The first-order valence-electron chi connectivity index (χ1n) is 9.97. The van der Waals surface area contributed by atoms with Crippen LogP contribution in [0.15, 0.2) is 48.5 Å². The number of Topliss-reactive ketones (excluding diaryl/α,β-unsaturated/α-hetero) is 1. The third kappa shape index (κ3) is 7.06. The summed E-state index contributed by atoms with van der Waals surface area (Å²) in [5.74, 6) is -1.81. The van der Waals surface area contributed by atoms with Crippen LogP contribution in [0, 0.1) is 0 Å². The lowest BCUT2D eigenvalue weighted by atomic mass is 9.87. The molecule has 0 aliphatic heterocycles. The highest BCUT2D eigenvalue weighted by molar-refractivity contribution is 5.99. The van der Waals surface area contributed by atoms with Crippen molar-refractivity contribution in [3.63, 3.8) is 0 Å². The van der Waals surface area contributed by atoms with Crippen LogP contribution in [0.2, 0.25) is 0 Å². The highest BCUT2D eigenvalue weighted by atomic mass is 16.5.